The zero-order valence-electron chi connectivity index (χ0n) is 8.96. The number of ether oxygens (including phenoxy) is 1. The van der Waals surface area contributed by atoms with E-state index in [4.69, 9.17) is 9.84 Å². The predicted octanol–water partition coefficient (Wildman–Crippen LogP) is 1.76. The first kappa shape index (κ1) is 11.9. The Morgan fingerprint density at radius 1 is 1.53 bits per heavy atom. The number of hydrogen-bond donors (Lipinski definition) is 2. The van der Waals surface area contributed by atoms with Crippen molar-refractivity contribution >= 4 is 5.69 Å². The van der Waals surface area contributed by atoms with Gasteiger partial charge in [-0.15, -0.1) is 0 Å². The molecular formula is C11H16FNO2. The third kappa shape index (κ3) is 3.49. The largest absolute Gasteiger partial charge is 0.392 e. The average molecular weight is 213 g/mol. The van der Waals surface area contributed by atoms with Crippen molar-refractivity contribution < 1.29 is 14.2 Å². The summed E-state index contributed by atoms with van der Waals surface area (Å²) in [5.41, 5.74) is 0.995. The van der Waals surface area contributed by atoms with Gasteiger partial charge in [-0.25, -0.2) is 4.39 Å². The van der Waals surface area contributed by atoms with E-state index in [1.54, 1.807) is 19.2 Å². The third-order valence-corrected chi connectivity index (χ3v) is 2.03. The Morgan fingerprint density at radius 3 is 2.80 bits per heavy atom. The molecule has 0 aliphatic heterocycles. The third-order valence-electron chi connectivity index (χ3n) is 2.03. The van der Waals surface area contributed by atoms with Crippen LogP contribution in [0.25, 0.3) is 0 Å². The summed E-state index contributed by atoms with van der Waals surface area (Å²) in [6.45, 7) is 2.27. The summed E-state index contributed by atoms with van der Waals surface area (Å²) in [6, 6.07) is 4.67. The predicted molar refractivity (Wildman–Crippen MR) is 57.3 cm³/mol. The molecule has 4 heteroatoms. The van der Waals surface area contributed by atoms with Crippen LogP contribution in [-0.4, -0.2) is 24.9 Å². The monoisotopic (exact) mass is 213 g/mol. The lowest BCUT2D eigenvalue weighted by molar-refractivity contribution is 0.190. The number of anilines is 1. The first-order valence-corrected chi connectivity index (χ1v) is 4.82. The van der Waals surface area contributed by atoms with Crippen molar-refractivity contribution in [2.45, 2.75) is 19.6 Å². The van der Waals surface area contributed by atoms with Gasteiger partial charge in [0.05, 0.1) is 18.9 Å². The molecule has 0 aliphatic carbocycles. The molecule has 0 aromatic heterocycles. The number of hydrogen-bond acceptors (Lipinski definition) is 3. The van der Waals surface area contributed by atoms with Gasteiger partial charge in [0.15, 0.2) is 0 Å². The second-order valence-corrected chi connectivity index (χ2v) is 3.47. The zero-order valence-corrected chi connectivity index (χ0v) is 8.96. The van der Waals surface area contributed by atoms with Crippen LogP contribution in [0, 0.1) is 5.82 Å². The molecule has 1 atom stereocenters. The molecule has 2 N–H and O–H groups in total. The summed E-state index contributed by atoms with van der Waals surface area (Å²) in [6.07, 6.45) is 0. The molecule has 3 nitrogen and oxygen atoms in total. The van der Waals surface area contributed by atoms with Gasteiger partial charge < -0.3 is 15.2 Å². The van der Waals surface area contributed by atoms with Crippen molar-refractivity contribution in [1.82, 2.24) is 0 Å². The molecule has 15 heavy (non-hydrogen) atoms. The lowest BCUT2D eigenvalue weighted by Crippen LogP contribution is -2.21. The number of rotatable bonds is 5. The Morgan fingerprint density at radius 2 is 2.27 bits per heavy atom. The molecule has 1 aromatic rings. The molecule has 0 fully saturated rings. The van der Waals surface area contributed by atoms with Gasteiger partial charge in [-0.1, -0.05) is 6.07 Å². The molecule has 0 aliphatic rings. The summed E-state index contributed by atoms with van der Waals surface area (Å²) < 4.78 is 18.4. The molecule has 1 rings (SSSR count). The highest BCUT2D eigenvalue weighted by atomic mass is 19.1. The van der Waals surface area contributed by atoms with Crippen LogP contribution in [0.3, 0.4) is 0 Å². The maximum atomic E-state index is 13.4. The van der Waals surface area contributed by atoms with Crippen molar-refractivity contribution in [1.29, 1.82) is 0 Å². The Bertz CT molecular complexity index is 317. The van der Waals surface area contributed by atoms with Crippen molar-refractivity contribution in [2.75, 3.05) is 19.0 Å². The highest BCUT2D eigenvalue weighted by molar-refractivity contribution is 5.46. The van der Waals surface area contributed by atoms with Crippen LogP contribution in [0.5, 0.6) is 0 Å². The molecule has 84 valence electrons. The Kier molecular flexibility index (Phi) is 4.52. The molecule has 0 radical (unpaired) electrons. The number of halogens is 1. The SMILES string of the molecule is COCC(C)Nc1ccc(CO)cc1F. The smallest absolute Gasteiger partial charge is 0.146 e. The van der Waals surface area contributed by atoms with Gasteiger partial charge in [-0.3, -0.25) is 0 Å². The van der Waals surface area contributed by atoms with Crippen LogP contribution in [-0.2, 0) is 11.3 Å². The fourth-order valence-electron chi connectivity index (χ4n) is 1.33. The highest BCUT2D eigenvalue weighted by Gasteiger charge is 2.06. The molecule has 1 aromatic carbocycles. The quantitative estimate of drug-likeness (QED) is 0.783. The summed E-state index contributed by atoms with van der Waals surface area (Å²) >= 11 is 0. The number of aliphatic hydroxyl groups is 1. The van der Waals surface area contributed by atoms with Crippen molar-refractivity contribution in [2.24, 2.45) is 0 Å². The molecule has 0 spiro atoms. The highest BCUT2D eigenvalue weighted by Crippen LogP contribution is 2.16. The second-order valence-electron chi connectivity index (χ2n) is 3.47. The van der Waals surface area contributed by atoms with Crippen molar-refractivity contribution in [3.8, 4) is 0 Å². The lowest BCUT2D eigenvalue weighted by Gasteiger charge is -2.15. The van der Waals surface area contributed by atoms with Crippen LogP contribution in [0.15, 0.2) is 18.2 Å². The van der Waals surface area contributed by atoms with Crippen LogP contribution in [0.4, 0.5) is 10.1 Å². The minimum absolute atomic E-state index is 0.0458. The van der Waals surface area contributed by atoms with Gasteiger partial charge in [0.1, 0.15) is 5.82 Å². The Labute approximate surface area is 88.9 Å². The Balaban J connectivity index is 2.69. The van der Waals surface area contributed by atoms with Crippen LogP contribution >= 0.6 is 0 Å². The molecule has 0 amide bonds. The topological polar surface area (TPSA) is 41.5 Å². The van der Waals surface area contributed by atoms with Gasteiger partial charge in [0, 0.05) is 13.2 Å². The minimum Gasteiger partial charge on any atom is -0.392 e. The minimum atomic E-state index is -0.357. The summed E-state index contributed by atoms with van der Waals surface area (Å²) in [7, 11) is 1.60. The maximum absolute atomic E-state index is 13.4. The normalized spacial score (nSPS) is 12.5. The van der Waals surface area contributed by atoms with Gasteiger partial charge in [0.25, 0.3) is 0 Å². The van der Waals surface area contributed by atoms with Gasteiger partial charge in [0.2, 0.25) is 0 Å². The summed E-state index contributed by atoms with van der Waals surface area (Å²) in [5.74, 6) is -0.357. The fourth-order valence-corrected chi connectivity index (χ4v) is 1.33. The van der Waals surface area contributed by atoms with Gasteiger partial charge in [-0.2, -0.15) is 0 Å². The fraction of sp³-hybridized carbons (Fsp3) is 0.455. The first-order valence-electron chi connectivity index (χ1n) is 4.82. The number of benzene rings is 1. The molecule has 0 bridgehead atoms. The van der Waals surface area contributed by atoms with Gasteiger partial charge in [-0.05, 0) is 24.6 Å². The van der Waals surface area contributed by atoms with E-state index in [-0.39, 0.29) is 18.5 Å². The van der Waals surface area contributed by atoms with Crippen LogP contribution in [0.1, 0.15) is 12.5 Å². The number of methoxy groups -OCH3 is 1. The number of nitrogens with one attached hydrogen (secondary N) is 1. The van der Waals surface area contributed by atoms with E-state index in [0.29, 0.717) is 17.9 Å². The summed E-state index contributed by atoms with van der Waals surface area (Å²) in [5, 5.41) is 11.8. The van der Waals surface area contributed by atoms with E-state index < -0.39 is 0 Å². The van der Waals surface area contributed by atoms with Crippen LogP contribution in [0.2, 0.25) is 0 Å². The first-order chi connectivity index (χ1) is 7.17. The molecule has 0 saturated carbocycles. The van der Waals surface area contributed by atoms with Crippen molar-refractivity contribution in [3.63, 3.8) is 0 Å². The van der Waals surface area contributed by atoms with Gasteiger partial charge >= 0.3 is 0 Å². The van der Waals surface area contributed by atoms with E-state index in [2.05, 4.69) is 5.32 Å². The standard InChI is InChI=1S/C11H16FNO2/c1-8(7-15-2)13-11-4-3-9(6-14)5-10(11)12/h3-5,8,13-14H,6-7H2,1-2H3. The Hall–Kier alpha value is -1.13. The zero-order chi connectivity index (χ0) is 11.3. The van der Waals surface area contributed by atoms with Crippen molar-refractivity contribution in [3.05, 3.63) is 29.6 Å². The summed E-state index contributed by atoms with van der Waals surface area (Å²) in [4.78, 5) is 0. The molecule has 0 saturated heterocycles. The maximum Gasteiger partial charge on any atom is 0.146 e. The van der Waals surface area contributed by atoms with E-state index in [1.807, 2.05) is 6.92 Å². The molecular weight excluding hydrogens is 197 g/mol. The number of aliphatic hydroxyl groups excluding tert-OH is 1. The van der Waals surface area contributed by atoms with E-state index >= 15 is 0 Å². The average Bonchev–Trinajstić information content (AvgIpc) is 2.21. The van der Waals surface area contributed by atoms with E-state index in [1.165, 1.54) is 6.07 Å². The van der Waals surface area contributed by atoms with E-state index in [0.717, 1.165) is 0 Å². The second kappa shape index (κ2) is 5.68. The molecule has 1 unspecified atom stereocenters. The molecule has 0 heterocycles. The van der Waals surface area contributed by atoms with Crippen LogP contribution < -0.4 is 5.32 Å². The van der Waals surface area contributed by atoms with E-state index in [9.17, 15) is 4.39 Å². The lowest BCUT2D eigenvalue weighted by atomic mass is 10.2.